The maximum absolute atomic E-state index is 4.99. The summed E-state index contributed by atoms with van der Waals surface area (Å²) in [5, 5.41) is 10.7. The van der Waals surface area contributed by atoms with Gasteiger partial charge in [0.25, 0.3) is 0 Å². The lowest BCUT2D eigenvalue weighted by Gasteiger charge is -2.19. The van der Waals surface area contributed by atoms with Gasteiger partial charge in [0.05, 0.1) is 6.61 Å². The topological polar surface area (TPSA) is 49.9 Å². The van der Waals surface area contributed by atoms with Crippen molar-refractivity contribution in [2.24, 2.45) is 0 Å². The quantitative estimate of drug-likeness (QED) is 0.754. The molecule has 16 heavy (non-hydrogen) atoms. The minimum Gasteiger partial charge on any atom is -0.383 e. The number of hydrogen-bond acceptors (Lipinski definition) is 3. The lowest BCUT2D eigenvalue weighted by atomic mass is 9.87. The van der Waals surface area contributed by atoms with Gasteiger partial charge in [-0.05, 0) is 12.8 Å². The molecule has 90 valence electrons. The minimum absolute atomic E-state index is 0.694. The summed E-state index contributed by atoms with van der Waals surface area (Å²) in [5.41, 5.74) is 1.29. The van der Waals surface area contributed by atoms with E-state index in [9.17, 15) is 0 Å². The number of methoxy groups -OCH3 is 1. The van der Waals surface area contributed by atoms with E-state index < -0.39 is 0 Å². The van der Waals surface area contributed by atoms with Crippen LogP contribution in [0.5, 0.6) is 0 Å². The number of hydrogen-bond donors (Lipinski definition) is 2. The highest BCUT2D eigenvalue weighted by atomic mass is 16.5. The molecule has 0 saturated heterocycles. The predicted octanol–water partition coefficient (Wildman–Crippen LogP) is 2.52. The third-order valence-corrected chi connectivity index (χ3v) is 3.25. The molecular weight excluding hydrogens is 202 g/mol. The van der Waals surface area contributed by atoms with Crippen molar-refractivity contribution in [1.29, 1.82) is 0 Å². The Morgan fingerprint density at radius 1 is 1.44 bits per heavy atom. The average Bonchev–Trinajstić information content (AvgIpc) is 2.79. The molecule has 2 rings (SSSR count). The summed E-state index contributed by atoms with van der Waals surface area (Å²) in [7, 11) is 1.71. The van der Waals surface area contributed by atoms with Gasteiger partial charge in [0, 0.05) is 31.3 Å². The SMILES string of the molecule is COCCNc1cc(C2CCCCC2)[nH]n1. The molecular formula is C12H21N3O. The Labute approximate surface area is 96.8 Å². The van der Waals surface area contributed by atoms with Crippen LogP contribution in [0.1, 0.15) is 43.7 Å². The smallest absolute Gasteiger partial charge is 0.148 e. The minimum atomic E-state index is 0.694. The van der Waals surface area contributed by atoms with Crippen LogP contribution in [0.2, 0.25) is 0 Å². The fourth-order valence-corrected chi connectivity index (χ4v) is 2.33. The van der Waals surface area contributed by atoms with Gasteiger partial charge < -0.3 is 10.1 Å². The van der Waals surface area contributed by atoms with Crippen molar-refractivity contribution in [1.82, 2.24) is 10.2 Å². The number of ether oxygens (including phenoxy) is 1. The Balaban J connectivity index is 1.85. The summed E-state index contributed by atoms with van der Waals surface area (Å²) >= 11 is 0. The molecule has 4 nitrogen and oxygen atoms in total. The fourth-order valence-electron chi connectivity index (χ4n) is 2.33. The number of aromatic nitrogens is 2. The average molecular weight is 223 g/mol. The molecule has 4 heteroatoms. The molecule has 1 heterocycles. The Kier molecular flexibility index (Phi) is 4.22. The Morgan fingerprint density at radius 3 is 3.00 bits per heavy atom. The van der Waals surface area contributed by atoms with Crippen LogP contribution in [0.3, 0.4) is 0 Å². The predicted molar refractivity (Wildman–Crippen MR) is 64.8 cm³/mol. The van der Waals surface area contributed by atoms with Gasteiger partial charge in [0.2, 0.25) is 0 Å². The zero-order valence-corrected chi connectivity index (χ0v) is 9.96. The molecule has 1 aromatic rings. The van der Waals surface area contributed by atoms with Crippen LogP contribution in [0.25, 0.3) is 0 Å². The van der Waals surface area contributed by atoms with Gasteiger partial charge in [-0.2, -0.15) is 5.10 Å². The highest BCUT2D eigenvalue weighted by Gasteiger charge is 2.17. The van der Waals surface area contributed by atoms with Crippen LogP contribution in [0, 0.1) is 0 Å². The maximum atomic E-state index is 4.99. The van der Waals surface area contributed by atoms with Crippen LogP contribution >= 0.6 is 0 Å². The standard InChI is InChI=1S/C12H21N3O/c1-16-8-7-13-12-9-11(14-15-12)10-5-3-2-4-6-10/h9-10H,2-8H2,1H3,(H2,13,14,15). The molecule has 0 aromatic carbocycles. The highest BCUT2D eigenvalue weighted by molar-refractivity contribution is 5.36. The molecule has 0 unspecified atom stereocenters. The van der Waals surface area contributed by atoms with E-state index in [1.54, 1.807) is 7.11 Å². The van der Waals surface area contributed by atoms with Crippen molar-refractivity contribution >= 4 is 5.82 Å². The maximum Gasteiger partial charge on any atom is 0.148 e. The third-order valence-electron chi connectivity index (χ3n) is 3.25. The highest BCUT2D eigenvalue weighted by Crippen LogP contribution is 2.32. The van der Waals surface area contributed by atoms with Crippen LogP contribution in [-0.2, 0) is 4.74 Å². The Morgan fingerprint density at radius 2 is 2.25 bits per heavy atom. The Bertz CT molecular complexity index is 305. The zero-order chi connectivity index (χ0) is 11.2. The first kappa shape index (κ1) is 11.5. The second kappa shape index (κ2) is 5.89. The first-order chi connectivity index (χ1) is 7.90. The number of aromatic amines is 1. The first-order valence-corrected chi connectivity index (χ1v) is 6.18. The van der Waals surface area contributed by atoms with Crippen LogP contribution in [0.15, 0.2) is 6.07 Å². The van der Waals surface area contributed by atoms with Crippen molar-refractivity contribution in [3.8, 4) is 0 Å². The molecule has 1 aliphatic rings. The summed E-state index contributed by atoms with van der Waals surface area (Å²) in [6, 6.07) is 2.14. The van der Waals surface area contributed by atoms with Crippen LogP contribution < -0.4 is 5.32 Å². The van der Waals surface area contributed by atoms with E-state index in [4.69, 9.17) is 4.74 Å². The van der Waals surface area contributed by atoms with E-state index in [-0.39, 0.29) is 0 Å². The van der Waals surface area contributed by atoms with Crippen molar-refractivity contribution in [2.75, 3.05) is 25.6 Å². The molecule has 1 saturated carbocycles. The fraction of sp³-hybridized carbons (Fsp3) is 0.750. The number of H-pyrrole nitrogens is 1. The summed E-state index contributed by atoms with van der Waals surface area (Å²) in [6.45, 7) is 1.52. The second-order valence-electron chi connectivity index (χ2n) is 4.46. The first-order valence-electron chi connectivity index (χ1n) is 6.18. The molecule has 1 aliphatic carbocycles. The van der Waals surface area contributed by atoms with Crippen molar-refractivity contribution in [3.05, 3.63) is 11.8 Å². The van der Waals surface area contributed by atoms with Crippen LogP contribution in [0.4, 0.5) is 5.82 Å². The van der Waals surface area contributed by atoms with Crippen molar-refractivity contribution in [2.45, 2.75) is 38.0 Å². The summed E-state index contributed by atoms with van der Waals surface area (Å²) in [6.07, 6.45) is 6.72. The van der Waals surface area contributed by atoms with Gasteiger partial charge in [-0.3, -0.25) is 5.10 Å². The number of anilines is 1. The normalized spacial score (nSPS) is 17.6. The number of nitrogens with zero attached hydrogens (tertiary/aromatic N) is 1. The van der Waals surface area contributed by atoms with Gasteiger partial charge in [-0.15, -0.1) is 0 Å². The number of rotatable bonds is 5. The molecule has 0 atom stereocenters. The van der Waals surface area contributed by atoms with E-state index in [2.05, 4.69) is 21.6 Å². The van der Waals surface area contributed by atoms with Crippen molar-refractivity contribution < 1.29 is 4.74 Å². The molecule has 1 fully saturated rings. The molecule has 0 bridgehead atoms. The van der Waals surface area contributed by atoms with Gasteiger partial charge in [-0.1, -0.05) is 19.3 Å². The van der Waals surface area contributed by atoms with Gasteiger partial charge in [0.1, 0.15) is 5.82 Å². The largest absolute Gasteiger partial charge is 0.383 e. The van der Waals surface area contributed by atoms with Crippen LogP contribution in [-0.4, -0.2) is 30.5 Å². The molecule has 2 N–H and O–H groups in total. The second-order valence-corrected chi connectivity index (χ2v) is 4.46. The molecule has 0 radical (unpaired) electrons. The molecule has 1 aromatic heterocycles. The lowest BCUT2D eigenvalue weighted by Crippen LogP contribution is -2.07. The number of nitrogens with one attached hydrogen (secondary N) is 2. The summed E-state index contributed by atoms with van der Waals surface area (Å²) in [4.78, 5) is 0. The molecule has 0 spiro atoms. The zero-order valence-electron chi connectivity index (χ0n) is 9.96. The van der Waals surface area contributed by atoms with E-state index in [0.717, 1.165) is 12.4 Å². The van der Waals surface area contributed by atoms with E-state index >= 15 is 0 Å². The van der Waals surface area contributed by atoms with Gasteiger partial charge in [-0.25, -0.2) is 0 Å². The van der Waals surface area contributed by atoms with Gasteiger partial charge >= 0.3 is 0 Å². The monoisotopic (exact) mass is 223 g/mol. The van der Waals surface area contributed by atoms with E-state index in [1.807, 2.05) is 0 Å². The Hall–Kier alpha value is -1.03. The lowest BCUT2D eigenvalue weighted by molar-refractivity contribution is 0.210. The summed E-state index contributed by atoms with van der Waals surface area (Å²) in [5.74, 6) is 1.64. The summed E-state index contributed by atoms with van der Waals surface area (Å²) < 4.78 is 4.99. The van der Waals surface area contributed by atoms with Crippen molar-refractivity contribution in [3.63, 3.8) is 0 Å². The third kappa shape index (κ3) is 2.98. The molecule has 0 aliphatic heterocycles. The van der Waals surface area contributed by atoms with E-state index in [1.165, 1.54) is 37.8 Å². The molecule has 0 amide bonds. The van der Waals surface area contributed by atoms with E-state index in [0.29, 0.717) is 12.5 Å². The van der Waals surface area contributed by atoms with Gasteiger partial charge in [0.15, 0.2) is 0 Å².